The zero-order valence-corrected chi connectivity index (χ0v) is 26.4. The van der Waals surface area contributed by atoms with Gasteiger partial charge in [0, 0.05) is 43.2 Å². The SMILES string of the molecule is CC(C)(C)OC(=O)NC(CC(F)(F)F)C(=O)Nc1ccc(N2CCN(c3ccc(B4OC(C)(C)C(C)(C)O4)cc3)CC2)cc1. The highest BCUT2D eigenvalue weighted by molar-refractivity contribution is 6.62. The van der Waals surface area contributed by atoms with Gasteiger partial charge in [0.2, 0.25) is 5.91 Å². The summed E-state index contributed by atoms with van der Waals surface area (Å²) < 4.78 is 56.7. The molecule has 9 nitrogen and oxygen atoms in total. The first-order chi connectivity index (χ1) is 20.3. The van der Waals surface area contributed by atoms with Gasteiger partial charge in [-0.15, -0.1) is 0 Å². The number of hydrogen-bond donors (Lipinski definition) is 2. The van der Waals surface area contributed by atoms with E-state index in [0.29, 0.717) is 5.69 Å². The molecule has 44 heavy (non-hydrogen) atoms. The molecular formula is C31H42BF3N4O5. The van der Waals surface area contributed by atoms with Crippen molar-refractivity contribution >= 4 is 41.6 Å². The molecule has 2 heterocycles. The summed E-state index contributed by atoms with van der Waals surface area (Å²) in [4.78, 5) is 29.3. The van der Waals surface area contributed by atoms with Crippen molar-refractivity contribution in [3.05, 3.63) is 48.5 Å². The molecule has 2 fully saturated rings. The monoisotopic (exact) mass is 618 g/mol. The van der Waals surface area contributed by atoms with Crippen LogP contribution in [0, 0.1) is 0 Å². The Balaban J connectivity index is 1.31. The minimum Gasteiger partial charge on any atom is -0.444 e. The van der Waals surface area contributed by atoms with Crippen molar-refractivity contribution < 1.29 is 36.8 Å². The predicted octanol–water partition coefficient (Wildman–Crippen LogP) is 5.10. The average molecular weight is 619 g/mol. The lowest BCUT2D eigenvalue weighted by atomic mass is 9.79. The molecular weight excluding hydrogens is 576 g/mol. The fraction of sp³-hybridized carbons (Fsp3) is 0.548. The number of nitrogens with one attached hydrogen (secondary N) is 2. The highest BCUT2D eigenvalue weighted by atomic mass is 19.4. The number of carbonyl (C=O) groups is 2. The van der Waals surface area contributed by atoms with Gasteiger partial charge in [-0.25, -0.2) is 4.79 Å². The van der Waals surface area contributed by atoms with Crippen LogP contribution in [0.1, 0.15) is 54.9 Å². The first-order valence-corrected chi connectivity index (χ1v) is 14.7. The first-order valence-electron chi connectivity index (χ1n) is 14.7. The van der Waals surface area contributed by atoms with Gasteiger partial charge in [0.15, 0.2) is 0 Å². The number of nitrogens with zero attached hydrogens (tertiary/aromatic N) is 2. The van der Waals surface area contributed by atoms with E-state index < -0.39 is 54.6 Å². The maximum absolute atomic E-state index is 13.1. The van der Waals surface area contributed by atoms with Crippen LogP contribution in [-0.2, 0) is 18.8 Å². The van der Waals surface area contributed by atoms with E-state index in [9.17, 15) is 22.8 Å². The molecule has 0 aromatic heterocycles. The molecule has 0 aliphatic carbocycles. The molecule has 240 valence electrons. The van der Waals surface area contributed by atoms with Gasteiger partial charge in [-0.2, -0.15) is 13.2 Å². The van der Waals surface area contributed by atoms with E-state index in [-0.39, 0.29) is 0 Å². The summed E-state index contributed by atoms with van der Waals surface area (Å²) >= 11 is 0. The number of piperazine rings is 1. The molecule has 2 aliphatic heterocycles. The average Bonchev–Trinajstić information content (AvgIpc) is 3.13. The Morgan fingerprint density at radius 1 is 0.864 bits per heavy atom. The Labute approximate surface area is 257 Å². The van der Waals surface area contributed by atoms with Crippen LogP contribution in [0.15, 0.2) is 48.5 Å². The number of rotatable bonds is 7. The Bertz CT molecular complexity index is 1290. The molecule has 2 N–H and O–H groups in total. The van der Waals surface area contributed by atoms with Gasteiger partial charge < -0.3 is 34.5 Å². The third-order valence-corrected chi connectivity index (χ3v) is 8.01. The van der Waals surface area contributed by atoms with E-state index >= 15 is 0 Å². The summed E-state index contributed by atoms with van der Waals surface area (Å²) in [5.74, 6) is -0.987. The topological polar surface area (TPSA) is 92.4 Å². The normalized spacial score (nSPS) is 19.0. The fourth-order valence-corrected chi connectivity index (χ4v) is 4.92. The van der Waals surface area contributed by atoms with Crippen LogP contribution < -0.4 is 25.9 Å². The first kappa shape index (κ1) is 33.4. The number of anilines is 3. The smallest absolute Gasteiger partial charge is 0.444 e. The molecule has 2 aromatic rings. The largest absolute Gasteiger partial charge is 0.494 e. The van der Waals surface area contributed by atoms with Crippen LogP contribution in [0.3, 0.4) is 0 Å². The molecule has 1 atom stereocenters. The van der Waals surface area contributed by atoms with Gasteiger partial charge in [0.05, 0.1) is 17.6 Å². The van der Waals surface area contributed by atoms with Crippen LogP contribution in [0.2, 0.25) is 0 Å². The molecule has 0 radical (unpaired) electrons. The summed E-state index contributed by atoms with van der Waals surface area (Å²) in [5.41, 5.74) is 1.61. The molecule has 0 saturated carbocycles. The van der Waals surface area contributed by atoms with Gasteiger partial charge in [-0.05, 0) is 90.3 Å². The quantitative estimate of drug-likeness (QED) is 0.418. The lowest BCUT2D eigenvalue weighted by molar-refractivity contribution is -0.147. The van der Waals surface area contributed by atoms with Crippen molar-refractivity contribution in [2.24, 2.45) is 0 Å². The molecule has 2 aromatic carbocycles. The van der Waals surface area contributed by atoms with Crippen LogP contribution in [0.25, 0.3) is 0 Å². The second-order valence-corrected chi connectivity index (χ2v) is 13.2. The van der Waals surface area contributed by atoms with Crippen molar-refractivity contribution in [2.75, 3.05) is 41.3 Å². The van der Waals surface area contributed by atoms with Crippen molar-refractivity contribution in [1.82, 2.24) is 5.32 Å². The van der Waals surface area contributed by atoms with Gasteiger partial charge in [-0.3, -0.25) is 4.79 Å². The van der Waals surface area contributed by atoms with E-state index in [1.807, 2.05) is 57.3 Å². The van der Waals surface area contributed by atoms with Gasteiger partial charge in [0.1, 0.15) is 11.6 Å². The third kappa shape index (κ3) is 8.59. The molecule has 1 unspecified atom stereocenters. The van der Waals surface area contributed by atoms with Crippen LogP contribution in [0.5, 0.6) is 0 Å². The number of benzene rings is 2. The van der Waals surface area contributed by atoms with E-state index in [2.05, 4.69) is 27.2 Å². The van der Waals surface area contributed by atoms with Crippen LogP contribution in [0.4, 0.5) is 35.0 Å². The standard InChI is InChI=1S/C31H42BF3N4O5/c1-28(2,3)42-27(41)37-25(20-31(33,34)35)26(40)36-22-10-14-24(15-11-22)39-18-16-38(17-19-39)23-12-8-21(9-13-23)32-43-29(4,5)30(6,7)44-32/h8-15,25H,16-20H2,1-7H3,(H,36,40)(H,37,41). The number of amides is 2. The lowest BCUT2D eigenvalue weighted by Gasteiger charge is -2.37. The maximum atomic E-state index is 13.1. The summed E-state index contributed by atoms with van der Waals surface area (Å²) in [5, 5.41) is 4.51. The zero-order chi connectivity index (χ0) is 32.5. The van der Waals surface area contributed by atoms with Gasteiger partial charge in [-0.1, -0.05) is 12.1 Å². The second kappa shape index (κ2) is 12.5. The van der Waals surface area contributed by atoms with E-state index in [0.717, 1.165) is 43.0 Å². The van der Waals surface area contributed by atoms with E-state index in [4.69, 9.17) is 14.0 Å². The molecule has 13 heteroatoms. The van der Waals surface area contributed by atoms with Crippen molar-refractivity contribution in [2.45, 2.75) is 83.9 Å². The molecule has 0 bridgehead atoms. The highest BCUT2D eigenvalue weighted by Crippen LogP contribution is 2.36. The Morgan fingerprint density at radius 2 is 1.32 bits per heavy atom. The maximum Gasteiger partial charge on any atom is 0.494 e. The molecule has 2 saturated heterocycles. The van der Waals surface area contributed by atoms with Crippen molar-refractivity contribution in [3.8, 4) is 0 Å². The van der Waals surface area contributed by atoms with Crippen molar-refractivity contribution in [3.63, 3.8) is 0 Å². The summed E-state index contributed by atoms with van der Waals surface area (Å²) in [6, 6.07) is 13.3. The number of hydrogen-bond acceptors (Lipinski definition) is 7. The fourth-order valence-electron chi connectivity index (χ4n) is 4.92. The molecule has 4 rings (SSSR count). The third-order valence-electron chi connectivity index (χ3n) is 8.01. The summed E-state index contributed by atoms with van der Waals surface area (Å²) in [7, 11) is -0.407. The number of carbonyl (C=O) groups excluding carboxylic acids is 2. The number of halogens is 3. The Hall–Kier alpha value is -3.45. The number of ether oxygens (including phenoxy) is 1. The Kier molecular flexibility index (Phi) is 9.51. The minimum atomic E-state index is -4.67. The highest BCUT2D eigenvalue weighted by Gasteiger charge is 2.51. The molecule has 2 aliphatic rings. The van der Waals surface area contributed by atoms with Crippen LogP contribution >= 0.6 is 0 Å². The van der Waals surface area contributed by atoms with Crippen LogP contribution in [-0.4, -0.2) is 74.3 Å². The summed E-state index contributed by atoms with van der Waals surface area (Å²) in [6.07, 6.45) is -7.29. The second-order valence-electron chi connectivity index (χ2n) is 13.2. The predicted molar refractivity (Wildman–Crippen MR) is 165 cm³/mol. The number of alkyl carbamates (subject to hydrolysis) is 1. The minimum absolute atomic E-state index is 0.317. The lowest BCUT2D eigenvalue weighted by Crippen LogP contribution is -2.47. The molecule has 2 amide bonds. The number of alkyl halides is 3. The van der Waals surface area contributed by atoms with Crippen molar-refractivity contribution in [1.29, 1.82) is 0 Å². The Morgan fingerprint density at radius 3 is 1.75 bits per heavy atom. The van der Waals surface area contributed by atoms with Gasteiger partial charge >= 0.3 is 19.4 Å². The van der Waals surface area contributed by atoms with E-state index in [1.165, 1.54) is 0 Å². The molecule has 0 spiro atoms. The van der Waals surface area contributed by atoms with Gasteiger partial charge in [0.25, 0.3) is 0 Å². The van der Waals surface area contributed by atoms with E-state index in [1.54, 1.807) is 32.9 Å². The zero-order valence-electron chi connectivity index (χ0n) is 26.4. The summed E-state index contributed by atoms with van der Waals surface area (Å²) in [6.45, 7) is 16.0.